The van der Waals surface area contributed by atoms with Crippen LogP contribution in [0.4, 0.5) is 17.1 Å². The normalized spacial score (nSPS) is 14.5. The maximum atomic E-state index is 2.46. The highest BCUT2D eigenvalue weighted by molar-refractivity contribution is 7.99. The van der Waals surface area contributed by atoms with Crippen LogP contribution in [0.1, 0.15) is 25.0 Å². The largest absolute Gasteiger partial charge is 0.310 e. The number of nitrogens with zero attached hydrogens (tertiary/aromatic N) is 1. The van der Waals surface area contributed by atoms with Crippen molar-refractivity contribution in [3.05, 3.63) is 114 Å². The average molecular weight is 442 g/mol. The number of hydrogen-bond donors (Lipinski definition) is 0. The molecule has 0 fully saturated rings. The molecule has 1 aliphatic carbocycles. The first-order valence-corrected chi connectivity index (χ1v) is 12.3. The fraction of sp³-hybridized carbons (Fsp3) is 0.0968. The molecule has 0 radical (unpaired) electrons. The summed E-state index contributed by atoms with van der Waals surface area (Å²) < 4.78 is 0. The lowest BCUT2D eigenvalue weighted by Gasteiger charge is -2.30. The Morgan fingerprint density at radius 3 is 1.94 bits per heavy atom. The summed E-state index contributed by atoms with van der Waals surface area (Å²) in [7, 11) is 0. The molecule has 158 valence electrons. The standard InChI is InChI=1S/C31H23NS/c1-31(2)23-16-10-18-27-29(23)30-24(31)19-25(22-15-9-17-26(33-27)28(22)30)32(20-11-5-3-6-12-20)21-13-7-4-8-14-21/h3-19H,1-2H3. The van der Waals surface area contributed by atoms with Crippen LogP contribution >= 0.6 is 11.8 Å². The molecule has 1 nitrogen and oxygen atoms in total. The second kappa shape index (κ2) is 6.76. The van der Waals surface area contributed by atoms with E-state index >= 15 is 0 Å². The van der Waals surface area contributed by atoms with E-state index in [2.05, 4.69) is 122 Å². The minimum atomic E-state index is -0.0410. The van der Waals surface area contributed by atoms with Gasteiger partial charge in [0.2, 0.25) is 0 Å². The fourth-order valence-electron chi connectivity index (χ4n) is 5.69. The van der Waals surface area contributed by atoms with E-state index in [-0.39, 0.29) is 5.41 Å². The Hall–Kier alpha value is -3.49. The molecule has 33 heavy (non-hydrogen) atoms. The molecule has 0 aromatic heterocycles. The summed E-state index contributed by atoms with van der Waals surface area (Å²) in [5, 5.41) is 2.71. The van der Waals surface area contributed by atoms with Crippen molar-refractivity contribution in [3.63, 3.8) is 0 Å². The Labute approximate surface area is 198 Å². The van der Waals surface area contributed by atoms with E-state index in [1.807, 2.05) is 11.8 Å². The molecule has 2 aliphatic rings. The quantitative estimate of drug-likeness (QED) is 0.269. The third-order valence-electron chi connectivity index (χ3n) is 7.22. The van der Waals surface area contributed by atoms with E-state index in [0.29, 0.717) is 0 Å². The molecule has 0 unspecified atom stereocenters. The number of anilines is 3. The predicted octanol–water partition coefficient (Wildman–Crippen LogP) is 9.08. The van der Waals surface area contributed by atoms with Crippen LogP contribution < -0.4 is 4.90 Å². The summed E-state index contributed by atoms with van der Waals surface area (Å²) in [5.74, 6) is 0. The maximum absolute atomic E-state index is 2.46. The van der Waals surface area contributed by atoms with E-state index in [4.69, 9.17) is 0 Å². The van der Waals surface area contributed by atoms with Crippen LogP contribution in [0.25, 0.3) is 21.9 Å². The summed E-state index contributed by atoms with van der Waals surface area (Å²) in [4.78, 5) is 5.16. The highest BCUT2D eigenvalue weighted by Gasteiger charge is 2.41. The minimum Gasteiger partial charge on any atom is -0.310 e. The Morgan fingerprint density at radius 2 is 1.24 bits per heavy atom. The molecule has 0 atom stereocenters. The number of rotatable bonds is 3. The van der Waals surface area contributed by atoms with Crippen LogP contribution in [0.2, 0.25) is 0 Å². The average Bonchev–Trinajstić information content (AvgIpc) is 3.09. The Bertz CT molecular complexity index is 1510. The molecule has 5 aromatic carbocycles. The molecule has 0 N–H and O–H groups in total. The van der Waals surface area contributed by atoms with E-state index in [1.165, 1.54) is 59.9 Å². The smallest absolute Gasteiger partial charge is 0.0543 e. The Morgan fingerprint density at radius 1 is 0.606 bits per heavy atom. The molecule has 0 spiro atoms. The zero-order valence-corrected chi connectivity index (χ0v) is 19.5. The van der Waals surface area contributed by atoms with Gasteiger partial charge in [-0.3, -0.25) is 0 Å². The van der Waals surface area contributed by atoms with Crippen molar-refractivity contribution in [1.82, 2.24) is 0 Å². The highest BCUT2D eigenvalue weighted by atomic mass is 32.2. The van der Waals surface area contributed by atoms with E-state index < -0.39 is 0 Å². The molecule has 0 saturated carbocycles. The summed E-state index contributed by atoms with van der Waals surface area (Å²) >= 11 is 1.92. The van der Waals surface area contributed by atoms with Crippen molar-refractivity contribution in [2.75, 3.05) is 4.90 Å². The Kier molecular flexibility index (Phi) is 3.89. The van der Waals surface area contributed by atoms with Crippen LogP contribution in [0.15, 0.2) is 113 Å². The zero-order valence-electron chi connectivity index (χ0n) is 18.7. The monoisotopic (exact) mass is 441 g/mol. The van der Waals surface area contributed by atoms with Gasteiger partial charge in [-0.1, -0.05) is 86.3 Å². The van der Waals surface area contributed by atoms with Crippen LogP contribution in [0.3, 0.4) is 0 Å². The Balaban J connectivity index is 1.62. The predicted molar refractivity (Wildman–Crippen MR) is 140 cm³/mol. The van der Waals surface area contributed by atoms with Gasteiger partial charge < -0.3 is 4.90 Å². The number of para-hydroxylation sites is 2. The van der Waals surface area contributed by atoms with Gasteiger partial charge in [-0.25, -0.2) is 0 Å². The fourth-order valence-corrected chi connectivity index (χ4v) is 6.84. The molecule has 0 bridgehead atoms. The van der Waals surface area contributed by atoms with Gasteiger partial charge >= 0.3 is 0 Å². The summed E-state index contributed by atoms with van der Waals surface area (Å²) in [6, 6.07) is 37.6. The van der Waals surface area contributed by atoms with Gasteiger partial charge in [0.1, 0.15) is 0 Å². The molecule has 5 aromatic rings. The lowest BCUT2D eigenvalue weighted by atomic mass is 9.81. The summed E-state index contributed by atoms with van der Waals surface area (Å²) in [6.45, 7) is 4.76. The SMILES string of the molecule is CC1(C)c2cccc3c2-c2c1cc(N(c1ccccc1)c1ccccc1)c1cccc(c21)S3. The first kappa shape index (κ1) is 19.0. The van der Waals surface area contributed by atoms with Crippen LogP contribution in [0.5, 0.6) is 0 Å². The van der Waals surface area contributed by atoms with E-state index in [0.717, 1.165) is 0 Å². The molecule has 2 heteroatoms. The van der Waals surface area contributed by atoms with E-state index in [1.54, 1.807) is 0 Å². The van der Waals surface area contributed by atoms with Gasteiger partial charge in [-0.15, -0.1) is 0 Å². The third kappa shape index (κ3) is 2.56. The van der Waals surface area contributed by atoms with E-state index in [9.17, 15) is 0 Å². The van der Waals surface area contributed by atoms with Gasteiger partial charge in [0, 0.05) is 42.9 Å². The third-order valence-corrected chi connectivity index (χ3v) is 8.34. The van der Waals surface area contributed by atoms with Gasteiger partial charge in [-0.05, 0) is 59.2 Å². The second-order valence-electron chi connectivity index (χ2n) is 9.41. The van der Waals surface area contributed by atoms with Gasteiger partial charge in [0.15, 0.2) is 0 Å². The molecule has 1 aliphatic heterocycles. The van der Waals surface area contributed by atoms with Crippen molar-refractivity contribution in [1.29, 1.82) is 0 Å². The van der Waals surface area contributed by atoms with Crippen molar-refractivity contribution < 1.29 is 0 Å². The summed E-state index contributed by atoms with van der Waals surface area (Å²) in [5.41, 5.74) is 9.32. The number of hydrogen-bond acceptors (Lipinski definition) is 2. The molecular weight excluding hydrogens is 418 g/mol. The van der Waals surface area contributed by atoms with Crippen LogP contribution in [-0.4, -0.2) is 0 Å². The molecule has 0 amide bonds. The molecule has 7 rings (SSSR count). The summed E-state index contributed by atoms with van der Waals surface area (Å²) in [6.07, 6.45) is 0. The van der Waals surface area contributed by atoms with Gasteiger partial charge in [-0.2, -0.15) is 0 Å². The highest BCUT2D eigenvalue weighted by Crippen LogP contribution is 2.61. The van der Waals surface area contributed by atoms with Crippen molar-refractivity contribution in [2.45, 2.75) is 29.1 Å². The molecule has 0 saturated heterocycles. The topological polar surface area (TPSA) is 3.24 Å². The van der Waals surface area contributed by atoms with Crippen molar-refractivity contribution in [2.24, 2.45) is 0 Å². The lowest BCUT2D eigenvalue weighted by molar-refractivity contribution is 0.660. The van der Waals surface area contributed by atoms with Crippen LogP contribution in [0, 0.1) is 0 Å². The van der Waals surface area contributed by atoms with Gasteiger partial charge in [0.05, 0.1) is 5.69 Å². The number of benzene rings is 5. The second-order valence-corrected chi connectivity index (χ2v) is 10.5. The molecule has 1 heterocycles. The first-order valence-electron chi connectivity index (χ1n) is 11.5. The maximum Gasteiger partial charge on any atom is 0.0543 e. The zero-order chi connectivity index (χ0) is 22.2. The van der Waals surface area contributed by atoms with Crippen molar-refractivity contribution >= 4 is 39.6 Å². The van der Waals surface area contributed by atoms with Crippen LogP contribution in [-0.2, 0) is 5.41 Å². The van der Waals surface area contributed by atoms with Gasteiger partial charge in [0.25, 0.3) is 0 Å². The molecular formula is C31H23NS. The minimum absolute atomic E-state index is 0.0410. The van der Waals surface area contributed by atoms with Crippen molar-refractivity contribution in [3.8, 4) is 11.1 Å². The first-order chi connectivity index (χ1) is 16.1. The lowest BCUT2D eigenvalue weighted by Crippen LogP contribution is -2.17.